The minimum Gasteiger partial charge on any atom is -0.298 e. The summed E-state index contributed by atoms with van der Waals surface area (Å²) >= 11 is 1.16. The number of carbonyl (C=O) groups excluding carboxylic acids is 1. The number of nitrogens with zero attached hydrogens (tertiary/aromatic N) is 1. The molecule has 0 bridgehead atoms. The van der Waals surface area contributed by atoms with Gasteiger partial charge in [-0.05, 0) is 66.2 Å². The Hall–Kier alpha value is -3.47. The molecule has 0 spiro atoms. The van der Waals surface area contributed by atoms with Crippen LogP contribution in [-0.4, -0.2) is 19.3 Å². The third-order valence-electron chi connectivity index (χ3n) is 4.52. The summed E-state index contributed by atoms with van der Waals surface area (Å²) in [5.74, 6) is -1.34. The number of amides is 1. The summed E-state index contributed by atoms with van der Waals surface area (Å²) < 4.78 is 49.6. The number of aromatic nitrogens is 1. The molecule has 0 radical (unpaired) electrons. The van der Waals surface area contributed by atoms with Crippen molar-refractivity contribution in [2.24, 2.45) is 5.14 Å². The number of anilines is 1. The Labute approximate surface area is 186 Å². The van der Waals surface area contributed by atoms with Crippen LogP contribution in [0.1, 0.15) is 10.4 Å². The lowest BCUT2D eigenvalue weighted by Crippen LogP contribution is -2.11. The number of nitrogens with one attached hydrogen (secondary N) is 1. The van der Waals surface area contributed by atoms with Crippen molar-refractivity contribution in [2.45, 2.75) is 4.90 Å². The fourth-order valence-corrected chi connectivity index (χ4v) is 4.44. The number of thiazole rings is 1. The normalized spacial score (nSPS) is 11.3. The quantitative estimate of drug-likeness (QED) is 0.442. The number of primary sulfonamides is 1. The highest BCUT2D eigenvalue weighted by Gasteiger charge is 2.18. The van der Waals surface area contributed by atoms with Gasteiger partial charge in [-0.1, -0.05) is 23.5 Å². The van der Waals surface area contributed by atoms with E-state index in [1.807, 2.05) is 0 Å². The summed E-state index contributed by atoms with van der Waals surface area (Å²) in [6.45, 7) is 0. The molecule has 0 aliphatic carbocycles. The van der Waals surface area contributed by atoms with Crippen LogP contribution in [0.25, 0.3) is 21.7 Å². The zero-order chi connectivity index (χ0) is 22.9. The second kappa shape index (κ2) is 8.58. The van der Waals surface area contributed by atoms with Crippen LogP contribution in [0.15, 0.2) is 77.7 Å². The van der Waals surface area contributed by atoms with Crippen molar-refractivity contribution in [3.8, 4) is 21.7 Å². The lowest BCUT2D eigenvalue weighted by atomic mass is 10.1. The summed E-state index contributed by atoms with van der Waals surface area (Å²) in [5.41, 5.74) is 1.98. The lowest BCUT2D eigenvalue weighted by molar-refractivity contribution is 0.102. The molecule has 162 valence electrons. The molecule has 0 fully saturated rings. The van der Waals surface area contributed by atoms with Gasteiger partial charge in [-0.15, -0.1) is 0 Å². The number of nitrogens with two attached hydrogens (primary N) is 1. The van der Waals surface area contributed by atoms with Crippen LogP contribution in [0.5, 0.6) is 0 Å². The van der Waals surface area contributed by atoms with E-state index in [0.717, 1.165) is 11.3 Å². The number of sulfonamides is 1. The molecule has 3 aromatic carbocycles. The molecule has 0 saturated carbocycles. The van der Waals surface area contributed by atoms with Gasteiger partial charge in [0.05, 0.1) is 15.5 Å². The van der Waals surface area contributed by atoms with Gasteiger partial charge in [-0.2, -0.15) is 0 Å². The fourth-order valence-electron chi connectivity index (χ4n) is 2.94. The standard InChI is InChI=1S/C22H15F2N3O3S2/c23-16-7-1-13(2-8-16)19-20(14-5-11-18(12-6-14)32(25,29)30)31-22(26-19)27-21(28)15-3-9-17(24)10-4-15/h1-12H,(H2,25,29,30)(H,26,27,28). The van der Waals surface area contributed by atoms with Gasteiger partial charge >= 0.3 is 0 Å². The van der Waals surface area contributed by atoms with Gasteiger partial charge in [0.1, 0.15) is 11.6 Å². The van der Waals surface area contributed by atoms with E-state index in [4.69, 9.17) is 5.14 Å². The molecule has 4 aromatic rings. The van der Waals surface area contributed by atoms with E-state index < -0.39 is 27.6 Å². The van der Waals surface area contributed by atoms with Crippen LogP contribution in [0.4, 0.5) is 13.9 Å². The van der Waals surface area contributed by atoms with E-state index in [-0.39, 0.29) is 15.6 Å². The molecule has 4 rings (SSSR count). The molecule has 1 aromatic heterocycles. The highest BCUT2D eigenvalue weighted by molar-refractivity contribution is 7.89. The van der Waals surface area contributed by atoms with E-state index in [1.165, 1.54) is 48.5 Å². The molecule has 1 amide bonds. The van der Waals surface area contributed by atoms with Crippen molar-refractivity contribution < 1.29 is 22.0 Å². The van der Waals surface area contributed by atoms with Crippen LogP contribution >= 0.6 is 11.3 Å². The van der Waals surface area contributed by atoms with Crippen LogP contribution in [0.2, 0.25) is 0 Å². The van der Waals surface area contributed by atoms with Crippen LogP contribution in [0.3, 0.4) is 0 Å². The van der Waals surface area contributed by atoms with Crippen LogP contribution in [-0.2, 0) is 10.0 Å². The first-order valence-electron chi connectivity index (χ1n) is 9.17. The summed E-state index contributed by atoms with van der Waals surface area (Å²) in [6.07, 6.45) is 0. The number of hydrogen-bond acceptors (Lipinski definition) is 5. The number of hydrogen-bond donors (Lipinski definition) is 2. The molecule has 0 aliphatic rings. The minimum atomic E-state index is -3.85. The SMILES string of the molecule is NS(=O)(=O)c1ccc(-c2sc(NC(=O)c3ccc(F)cc3)nc2-c2ccc(F)cc2)cc1. The van der Waals surface area contributed by atoms with Crippen LogP contribution < -0.4 is 10.5 Å². The molecule has 0 aliphatic heterocycles. The van der Waals surface area contributed by atoms with Crippen molar-refractivity contribution in [3.63, 3.8) is 0 Å². The second-order valence-electron chi connectivity index (χ2n) is 6.73. The van der Waals surface area contributed by atoms with Gasteiger partial charge in [-0.25, -0.2) is 27.3 Å². The monoisotopic (exact) mass is 471 g/mol. The van der Waals surface area contributed by atoms with Gasteiger partial charge in [-0.3, -0.25) is 10.1 Å². The summed E-state index contributed by atoms with van der Waals surface area (Å²) in [4.78, 5) is 17.6. The minimum absolute atomic E-state index is 0.0427. The lowest BCUT2D eigenvalue weighted by Gasteiger charge is -2.04. The second-order valence-corrected chi connectivity index (χ2v) is 9.29. The van der Waals surface area contributed by atoms with Crippen molar-refractivity contribution in [3.05, 3.63) is 90.0 Å². The van der Waals surface area contributed by atoms with E-state index in [0.29, 0.717) is 21.7 Å². The summed E-state index contributed by atoms with van der Waals surface area (Å²) in [5, 5.41) is 8.11. The molecule has 1 heterocycles. The molecule has 6 nitrogen and oxygen atoms in total. The Morgan fingerprint density at radius 3 is 1.94 bits per heavy atom. The van der Waals surface area contributed by atoms with Gasteiger partial charge in [0.25, 0.3) is 5.91 Å². The molecule has 0 saturated heterocycles. The fraction of sp³-hybridized carbons (Fsp3) is 0. The summed E-state index contributed by atoms with van der Waals surface area (Å²) in [6, 6.07) is 16.6. The highest BCUT2D eigenvalue weighted by Crippen LogP contribution is 2.39. The number of benzene rings is 3. The number of carbonyl (C=O) groups is 1. The third kappa shape index (κ3) is 4.72. The van der Waals surface area contributed by atoms with Gasteiger partial charge in [0.15, 0.2) is 5.13 Å². The van der Waals surface area contributed by atoms with E-state index >= 15 is 0 Å². The Kier molecular flexibility index (Phi) is 5.83. The predicted molar refractivity (Wildman–Crippen MR) is 119 cm³/mol. The van der Waals surface area contributed by atoms with E-state index in [1.54, 1.807) is 24.3 Å². The van der Waals surface area contributed by atoms with Gasteiger partial charge in [0, 0.05) is 11.1 Å². The first-order chi connectivity index (χ1) is 15.2. The van der Waals surface area contributed by atoms with Gasteiger partial charge < -0.3 is 0 Å². The zero-order valence-electron chi connectivity index (χ0n) is 16.2. The maximum absolute atomic E-state index is 13.4. The van der Waals surface area contributed by atoms with Crippen molar-refractivity contribution in [2.75, 3.05) is 5.32 Å². The summed E-state index contributed by atoms with van der Waals surface area (Å²) in [7, 11) is -3.85. The Balaban J connectivity index is 1.74. The largest absolute Gasteiger partial charge is 0.298 e. The third-order valence-corrected chi connectivity index (χ3v) is 6.47. The first-order valence-corrected chi connectivity index (χ1v) is 11.5. The Morgan fingerprint density at radius 2 is 1.38 bits per heavy atom. The molecule has 10 heteroatoms. The number of rotatable bonds is 5. The van der Waals surface area contributed by atoms with Crippen LogP contribution in [0, 0.1) is 11.6 Å². The molecule has 3 N–H and O–H groups in total. The van der Waals surface area contributed by atoms with Crippen molar-refractivity contribution in [1.29, 1.82) is 0 Å². The Morgan fingerprint density at radius 1 is 0.844 bits per heavy atom. The molecule has 0 unspecified atom stereocenters. The topological polar surface area (TPSA) is 102 Å². The van der Waals surface area contributed by atoms with E-state index in [9.17, 15) is 22.0 Å². The highest BCUT2D eigenvalue weighted by atomic mass is 32.2. The maximum Gasteiger partial charge on any atom is 0.257 e. The zero-order valence-corrected chi connectivity index (χ0v) is 17.9. The van der Waals surface area contributed by atoms with Crippen molar-refractivity contribution >= 4 is 32.4 Å². The first kappa shape index (κ1) is 21.8. The van der Waals surface area contributed by atoms with Gasteiger partial charge in [0.2, 0.25) is 10.0 Å². The van der Waals surface area contributed by atoms with E-state index in [2.05, 4.69) is 10.3 Å². The maximum atomic E-state index is 13.4. The molecule has 0 atom stereocenters. The Bertz CT molecular complexity index is 1380. The molecule has 32 heavy (non-hydrogen) atoms. The van der Waals surface area contributed by atoms with Crippen molar-refractivity contribution in [1.82, 2.24) is 4.98 Å². The average molecular weight is 472 g/mol. The average Bonchev–Trinajstić information content (AvgIpc) is 3.18. The predicted octanol–water partition coefficient (Wildman–Crippen LogP) is 4.66. The smallest absolute Gasteiger partial charge is 0.257 e. The molecular formula is C22H15F2N3O3S2. The molecular weight excluding hydrogens is 456 g/mol. The number of halogens is 2.